The van der Waals surface area contributed by atoms with Crippen LogP contribution in [0.1, 0.15) is 65.2 Å². The Hall–Kier alpha value is -0.280. The molecule has 0 heterocycles. The van der Waals surface area contributed by atoms with E-state index in [9.17, 15) is 4.79 Å². The van der Waals surface area contributed by atoms with Gasteiger partial charge in [0, 0.05) is 18.0 Å². The van der Waals surface area contributed by atoms with Gasteiger partial charge < -0.3 is 11.1 Å². The van der Waals surface area contributed by atoms with Gasteiger partial charge in [0.2, 0.25) is 5.91 Å². The number of carbonyl (C=O) groups is 1. The van der Waals surface area contributed by atoms with Crippen molar-refractivity contribution < 1.29 is 4.79 Å². The highest BCUT2D eigenvalue weighted by Gasteiger charge is 2.41. The summed E-state index contributed by atoms with van der Waals surface area (Å²) in [5.41, 5.74) is 6.34. The van der Waals surface area contributed by atoms with Gasteiger partial charge >= 0.3 is 0 Å². The second kappa shape index (κ2) is 7.53. The molecule has 3 aliphatic rings. The lowest BCUT2D eigenvalue weighted by Gasteiger charge is -2.44. The molecule has 3 aliphatic carbocycles. The third-order valence-electron chi connectivity index (χ3n) is 6.82. The van der Waals surface area contributed by atoms with Gasteiger partial charge in [-0.2, -0.15) is 0 Å². The highest BCUT2D eigenvalue weighted by atomic mass is 35.5. The Kier molecular flexibility index (Phi) is 6.18. The van der Waals surface area contributed by atoms with Gasteiger partial charge in [-0.1, -0.05) is 33.1 Å². The molecule has 1 amide bonds. The van der Waals surface area contributed by atoms with E-state index in [1.807, 2.05) is 0 Å². The molecule has 0 aromatic carbocycles. The Balaban J connectivity index is 0.00000176. The summed E-state index contributed by atoms with van der Waals surface area (Å²) in [6, 6.07) is 0.758. The maximum atomic E-state index is 12.7. The monoisotopic (exact) mass is 328 g/mol. The van der Waals surface area contributed by atoms with Crippen LogP contribution in [0.25, 0.3) is 0 Å². The van der Waals surface area contributed by atoms with Crippen molar-refractivity contribution in [1.29, 1.82) is 0 Å². The number of hydrogen-bond acceptors (Lipinski definition) is 2. The molecule has 4 heteroatoms. The molecule has 3 N–H and O–H groups in total. The van der Waals surface area contributed by atoms with Gasteiger partial charge in [0.25, 0.3) is 0 Å². The van der Waals surface area contributed by atoms with Gasteiger partial charge in [-0.15, -0.1) is 12.4 Å². The molecule has 3 rings (SSSR count). The molecule has 22 heavy (non-hydrogen) atoms. The lowest BCUT2D eigenvalue weighted by Crippen LogP contribution is -2.51. The fourth-order valence-electron chi connectivity index (χ4n) is 5.09. The standard InChI is InChI=1S/C18H32N2O.ClH/c1-11-5-3-8-16(12(11)2)20-18(21)15-9-13-6-4-7-14(10-15)17(13)19;/h11-17H,3-10,19H2,1-2H3,(H,20,21);1H. The van der Waals surface area contributed by atoms with Gasteiger partial charge in [0.05, 0.1) is 0 Å². The van der Waals surface area contributed by atoms with Crippen molar-refractivity contribution in [3.63, 3.8) is 0 Å². The number of amides is 1. The summed E-state index contributed by atoms with van der Waals surface area (Å²) < 4.78 is 0. The van der Waals surface area contributed by atoms with Gasteiger partial charge in [-0.25, -0.2) is 0 Å². The second-order valence-corrected chi connectivity index (χ2v) is 8.08. The number of nitrogens with one attached hydrogen (secondary N) is 1. The zero-order chi connectivity index (χ0) is 15.0. The maximum Gasteiger partial charge on any atom is 0.223 e. The van der Waals surface area contributed by atoms with Crippen LogP contribution in [0.15, 0.2) is 0 Å². The summed E-state index contributed by atoms with van der Waals surface area (Å²) >= 11 is 0. The normalized spacial score (nSPS) is 44.8. The minimum atomic E-state index is 0. The molecule has 2 bridgehead atoms. The first-order chi connectivity index (χ1) is 10.1. The van der Waals surface area contributed by atoms with Crippen LogP contribution in [0.2, 0.25) is 0 Å². The molecule has 0 aliphatic heterocycles. The van der Waals surface area contributed by atoms with E-state index in [4.69, 9.17) is 5.73 Å². The lowest BCUT2D eigenvalue weighted by atomic mass is 9.65. The predicted molar refractivity (Wildman–Crippen MR) is 92.9 cm³/mol. The molecular formula is C18H33ClN2O. The average molecular weight is 329 g/mol. The summed E-state index contributed by atoms with van der Waals surface area (Å²) in [7, 11) is 0. The van der Waals surface area contributed by atoms with E-state index >= 15 is 0 Å². The fraction of sp³-hybridized carbons (Fsp3) is 0.944. The summed E-state index contributed by atoms with van der Waals surface area (Å²) in [5.74, 6) is 3.09. The summed E-state index contributed by atoms with van der Waals surface area (Å²) in [5, 5.41) is 3.39. The summed E-state index contributed by atoms with van der Waals surface area (Å²) in [6.07, 6.45) is 9.58. The van der Waals surface area contributed by atoms with Crippen LogP contribution in [0.3, 0.4) is 0 Å². The van der Waals surface area contributed by atoms with Crippen LogP contribution in [0, 0.1) is 29.6 Å². The molecule has 3 saturated carbocycles. The van der Waals surface area contributed by atoms with Crippen LogP contribution in [-0.2, 0) is 4.79 Å². The first kappa shape index (κ1) is 18.1. The van der Waals surface area contributed by atoms with Crippen LogP contribution >= 0.6 is 12.4 Å². The van der Waals surface area contributed by atoms with Gasteiger partial charge in [-0.3, -0.25) is 4.79 Å². The van der Waals surface area contributed by atoms with Crippen molar-refractivity contribution >= 4 is 18.3 Å². The highest BCUT2D eigenvalue weighted by molar-refractivity contribution is 5.85. The largest absolute Gasteiger partial charge is 0.353 e. The molecule has 5 atom stereocenters. The molecule has 3 nitrogen and oxygen atoms in total. The third-order valence-corrected chi connectivity index (χ3v) is 6.82. The van der Waals surface area contributed by atoms with Gasteiger partial charge in [0.1, 0.15) is 0 Å². The van der Waals surface area contributed by atoms with Crippen molar-refractivity contribution in [3.05, 3.63) is 0 Å². The predicted octanol–water partition coefficient (Wildman–Crippen LogP) is 3.50. The lowest BCUT2D eigenvalue weighted by molar-refractivity contribution is -0.129. The van der Waals surface area contributed by atoms with E-state index in [0.717, 1.165) is 25.2 Å². The Labute approximate surface area is 141 Å². The first-order valence-corrected chi connectivity index (χ1v) is 9.12. The number of fused-ring (bicyclic) bond motifs is 2. The van der Waals surface area contributed by atoms with Crippen molar-refractivity contribution in [3.8, 4) is 0 Å². The van der Waals surface area contributed by atoms with E-state index in [1.165, 1.54) is 32.1 Å². The molecule has 3 fully saturated rings. The third kappa shape index (κ3) is 3.62. The van der Waals surface area contributed by atoms with E-state index in [0.29, 0.717) is 35.7 Å². The Morgan fingerprint density at radius 1 is 1.00 bits per heavy atom. The Morgan fingerprint density at radius 2 is 1.59 bits per heavy atom. The SMILES string of the molecule is CC1CCCC(NC(=O)C2CC3CCCC(C2)C3N)C1C.Cl. The highest BCUT2D eigenvalue weighted by Crippen LogP contribution is 2.42. The van der Waals surface area contributed by atoms with Crippen molar-refractivity contribution in [2.24, 2.45) is 35.3 Å². The number of rotatable bonds is 2. The molecule has 0 aromatic rings. The molecular weight excluding hydrogens is 296 g/mol. The van der Waals surface area contributed by atoms with E-state index in [1.54, 1.807) is 0 Å². The fourth-order valence-corrected chi connectivity index (χ4v) is 5.09. The molecule has 0 spiro atoms. The maximum absolute atomic E-state index is 12.7. The van der Waals surface area contributed by atoms with Crippen molar-refractivity contribution in [1.82, 2.24) is 5.32 Å². The zero-order valence-electron chi connectivity index (χ0n) is 14.1. The van der Waals surface area contributed by atoms with E-state index in [2.05, 4.69) is 19.2 Å². The number of halogens is 1. The molecule has 0 saturated heterocycles. The quantitative estimate of drug-likeness (QED) is 0.815. The van der Waals surface area contributed by atoms with Gasteiger partial charge in [-0.05, 0) is 55.8 Å². The molecule has 0 radical (unpaired) electrons. The number of hydrogen-bond donors (Lipinski definition) is 2. The minimum absolute atomic E-state index is 0. The van der Waals surface area contributed by atoms with E-state index < -0.39 is 0 Å². The Morgan fingerprint density at radius 3 is 2.23 bits per heavy atom. The second-order valence-electron chi connectivity index (χ2n) is 8.08. The molecule has 128 valence electrons. The first-order valence-electron chi connectivity index (χ1n) is 9.12. The van der Waals surface area contributed by atoms with Gasteiger partial charge in [0.15, 0.2) is 0 Å². The van der Waals surface area contributed by atoms with Crippen LogP contribution < -0.4 is 11.1 Å². The Bertz CT molecular complexity index is 375. The van der Waals surface area contributed by atoms with Crippen LogP contribution in [0.4, 0.5) is 0 Å². The summed E-state index contributed by atoms with van der Waals surface area (Å²) in [4.78, 5) is 12.7. The van der Waals surface area contributed by atoms with Crippen molar-refractivity contribution in [2.45, 2.75) is 77.3 Å². The number of nitrogens with two attached hydrogens (primary N) is 1. The van der Waals surface area contributed by atoms with E-state index in [-0.39, 0.29) is 18.3 Å². The molecule has 5 unspecified atom stereocenters. The summed E-state index contributed by atoms with van der Waals surface area (Å²) in [6.45, 7) is 4.63. The smallest absolute Gasteiger partial charge is 0.223 e. The topological polar surface area (TPSA) is 55.1 Å². The number of carbonyl (C=O) groups excluding carboxylic acids is 1. The average Bonchev–Trinajstić information content (AvgIpc) is 2.43. The van der Waals surface area contributed by atoms with Crippen LogP contribution in [0.5, 0.6) is 0 Å². The zero-order valence-corrected chi connectivity index (χ0v) is 14.9. The van der Waals surface area contributed by atoms with Crippen LogP contribution in [-0.4, -0.2) is 18.0 Å². The molecule has 0 aromatic heterocycles. The minimum Gasteiger partial charge on any atom is -0.353 e. The van der Waals surface area contributed by atoms with Crippen molar-refractivity contribution in [2.75, 3.05) is 0 Å².